The van der Waals surface area contributed by atoms with Crippen LogP contribution in [-0.2, 0) is 30.8 Å². The van der Waals surface area contributed by atoms with Crippen LogP contribution < -0.4 is 0 Å². The molecule has 1 aromatic rings. The van der Waals surface area contributed by atoms with Crippen LogP contribution in [0.1, 0.15) is 30.3 Å². The summed E-state index contributed by atoms with van der Waals surface area (Å²) in [5.74, 6) is -1.27. The Bertz CT molecular complexity index is 629. The maximum absolute atomic E-state index is 12.1. The molecule has 1 saturated heterocycles. The SMILES string of the molecule is CCOC(=O)[C@H](OC(=O)/C=C/c1c(C)nn(C)c1C)[C@@H]1CCOC1. The van der Waals surface area contributed by atoms with Gasteiger partial charge in [0.05, 0.1) is 18.9 Å². The molecule has 0 amide bonds. The van der Waals surface area contributed by atoms with Gasteiger partial charge in [-0.05, 0) is 33.3 Å². The van der Waals surface area contributed by atoms with E-state index < -0.39 is 18.0 Å². The molecule has 1 fully saturated rings. The van der Waals surface area contributed by atoms with E-state index in [1.54, 1.807) is 17.7 Å². The third kappa shape index (κ3) is 4.23. The first-order valence-electron chi connectivity index (χ1n) is 8.07. The van der Waals surface area contributed by atoms with Gasteiger partial charge in [0.25, 0.3) is 0 Å². The van der Waals surface area contributed by atoms with Crippen molar-refractivity contribution in [3.8, 4) is 0 Å². The van der Waals surface area contributed by atoms with Crippen LogP contribution in [0, 0.1) is 19.8 Å². The van der Waals surface area contributed by atoms with Crippen molar-refractivity contribution >= 4 is 18.0 Å². The predicted molar refractivity (Wildman–Crippen MR) is 87.2 cm³/mol. The number of hydrogen-bond acceptors (Lipinski definition) is 6. The number of hydrogen-bond donors (Lipinski definition) is 0. The lowest BCUT2D eigenvalue weighted by Gasteiger charge is -2.20. The third-order valence-corrected chi connectivity index (χ3v) is 4.11. The fraction of sp³-hybridized carbons (Fsp3) is 0.588. The molecule has 24 heavy (non-hydrogen) atoms. The van der Waals surface area contributed by atoms with Gasteiger partial charge in [-0.15, -0.1) is 0 Å². The van der Waals surface area contributed by atoms with Crippen molar-refractivity contribution in [3.05, 3.63) is 23.0 Å². The van der Waals surface area contributed by atoms with Crippen LogP contribution in [0.5, 0.6) is 0 Å². The highest BCUT2D eigenvalue weighted by Gasteiger charge is 2.35. The van der Waals surface area contributed by atoms with E-state index in [-0.39, 0.29) is 12.5 Å². The molecule has 2 heterocycles. The standard InChI is InChI=1S/C17H24N2O5/c1-5-23-17(21)16(13-8-9-22-10-13)24-15(20)7-6-14-11(2)18-19(4)12(14)3/h6-7,13,16H,5,8-10H2,1-4H3/b7-6+/t13-,16-/m1/s1. The molecule has 7 heteroatoms. The summed E-state index contributed by atoms with van der Waals surface area (Å²) >= 11 is 0. The summed E-state index contributed by atoms with van der Waals surface area (Å²) in [6, 6.07) is 0. The minimum Gasteiger partial charge on any atom is -0.463 e. The topological polar surface area (TPSA) is 79.7 Å². The van der Waals surface area contributed by atoms with Crippen molar-refractivity contribution in [3.63, 3.8) is 0 Å². The Hall–Kier alpha value is -2.15. The van der Waals surface area contributed by atoms with Gasteiger partial charge in [0, 0.05) is 36.9 Å². The number of aryl methyl sites for hydroxylation is 2. The zero-order valence-corrected chi connectivity index (χ0v) is 14.6. The van der Waals surface area contributed by atoms with Crippen LogP contribution in [0.25, 0.3) is 6.08 Å². The van der Waals surface area contributed by atoms with E-state index in [9.17, 15) is 9.59 Å². The molecule has 0 saturated carbocycles. The highest BCUT2D eigenvalue weighted by atomic mass is 16.6. The minimum atomic E-state index is -0.930. The van der Waals surface area contributed by atoms with E-state index in [1.165, 1.54) is 6.08 Å². The Morgan fingerprint density at radius 1 is 1.46 bits per heavy atom. The second-order valence-electron chi connectivity index (χ2n) is 5.77. The first-order valence-corrected chi connectivity index (χ1v) is 8.07. The normalized spacial score (nSPS) is 18.8. The second-order valence-corrected chi connectivity index (χ2v) is 5.77. The largest absolute Gasteiger partial charge is 0.463 e. The van der Waals surface area contributed by atoms with Crippen LogP contribution in [-0.4, -0.2) is 47.6 Å². The van der Waals surface area contributed by atoms with E-state index >= 15 is 0 Å². The Kier molecular flexibility index (Phi) is 6.14. The van der Waals surface area contributed by atoms with Crippen molar-refractivity contribution in [2.24, 2.45) is 13.0 Å². The maximum atomic E-state index is 12.1. The predicted octanol–water partition coefficient (Wildman–Crippen LogP) is 1.56. The second kappa shape index (κ2) is 8.10. The number of carbonyl (C=O) groups is 2. The average molecular weight is 336 g/mol. The van der Waals surface area contributed by atoms with Crippen LogP contribution >= 0.6 is 0 Å². The molecular weight excluding hydrogens is 312 g/mol. The Morgan fingerprint density at radius 2 is 2.21 bits per heavy atom. The van der Waals surface area contributed by atoms with Crippen molar-refractivity contribution in [2.75, 3.05) is 19.8 Å². The van der Waals surface area contributed by atoms with Crippen molar-refractivity contribution < 1.29 is 23.8 Å². The van der Waals surface area contributed by atoms with E-state index in [2.05, 4.69) is 5.10 Å². The molecule has 0 radical (unpaired) electrons. The molecule has 2 rings (SSSR count). The summed E-state index contributed by atoms with van der Waals surface area (Å²) in [5.41, 5.74) is 2.64. The average Bonchev–Trinajstić information content (AvgIpc) is 3.13. The molecule has 7 nitrogen and oxygen atoms in total. The number of rotatable bonds is 6. The fourth-order valence-electron chi connectivity index (χ4n) is 2.70. The van der Waals surface area contributed by atoms with Crippen molar-refractivity contribution in [1.82, 2.24) is 9.78 Å². The van der Waals surface area contributed by atoms with Gasteiger partial charge in [-0.3, -0.25) is 4.68 Å². The van der Waals surface area contributed by atoms with Crippen molar-refractivity contribution in [2.45, 2.75) is 33.3 Å². The number of aromatic nitrogens is 2. The van der Waals surface area contributed by atoms with Crippen LogP contribution in [0.4, 0.5) is 0 Å². The first kappa shape index (κ1) is 18.2. The third-order valence-electron chi connectivity index (χ3n) is 4.11. The van der Waals surface area contributed by atoms with Gasteiger partial charge in [0.2, 0.25) is 6.10 Å². The summed E-state index contributed by atoms with van der Waals surface area (Å²) in [6.07, 6.45) is 2.72. The molecule has 0 aromatic carbocycles. The molecule has 1 aliphatic heterocycles. The van der Waals surface area contributed by atoms with E-state index in [0.29, 0.717) is 19.6 Å². The minimum absolute atomic E-state index is 0.164. The van der Waals surface area contributed by atoms with Gasteiger partial charge in [0.15, 0.2) is 0 Å². The van der Waals surface area contributed by atoms with E-state index in [4.69, 9.17) is 14.2 Å². The number of ether oxygens (including phenoxy) is 3. The molecule has 0 unspecified atom stereocenters. The molecule has 0 N–H and O–H groups in total. The summed E-state index contributed by atoms with van der Waals surface area (Å²) < 4.78 is 17.4. The number of esters is 2. The summed E-state index contributed by atoms with van der Waals surface area (Å²) in [7, 11) is 1.84. The summed E-state index contributed by atoms with van der Waals surface area (Å²) in [4.78, 5) is 24.2. The zero-order chi connectivity index (χ0) is 17.7. The highest BCUT2D eigenvalue weighted by Crippen LogP contribution is 2.21. The molecule has 0 aliphatic carbocycles. The molecule has 2 atom stereocenters. The van der Waals surface area contributed by atoms with E-state index in [0.717, 1.165) is 17.0 Å². The molecule has 1 aromatic heterocycles. The van der Waals surface area contributed by atoms with Gasteiger partial charge >= 0.3 is 11.9 Å². The van der Waals surface area contributed by atoms with Crippen LogP contribution in [0.3, 0.4) is 0 Å². The lowest BCUT2D eigenvalue weighted by atomic mass is 10.0. The van der Waals surface area contributed by atoms with Gasteiger partial charge in [-0.25, -0.2) is 9.59 Å². The van der Waals surface area contributed by atoms with Crippen LogP contribution in [0.2, 0.25) is 0 Å². The molecular formula is C17H24N2O5. The Balaban J connectivity index is 2.06. The first-order chi connectivity index (χ1) is 11.4. The monoisotopic (exact) mass is 336 g/mol. The molecule has 0 bridgehead atoms. The fourth-order valence-corrected chi connectivity index (χ4v) is 2.70. The lowest BCUT2D eigenvalue weighted by molar-refractivity contribution is -0.168. The lowest BCUT2D eigenvalue weighted by Crippen LogP contribution is -2.36. The molecule has 0 spiro atoms. The van der Waals surface area contributed by atoms with Gasteiger partial charge < -0.3 is 14.2 Å². The number of carbonyl (C=O) groups excluding carboxylic acids is 2. The summed E-state index contributed by atoms with van der Waals surface area (Å²) in [6.45, 7) is 6.70. The van der Waals surface area contributed by atoms with Gasteiger partial charge in [-0.1, -0.05) is 0 Å². The molecule has 132 valence electrons. The molecule has 1 aliphatic rings. The van der Waals surface area contributed by atoms with Gasteiger partial charge in [0.1, 0.15) is 0 Å². The Labute approximate surface area is 141 Å². The Morgan fingerprint density at radius 3 is 2.75 bits per heavy atom. The smallest absolute Gasteiger partial charge is 0.347 e. The van der Waals surface area contributed by atoms with Crippen LogP contribution in [0.15, 0.2) is 6.08 Å². The zero-order valence-electron chi connectivity index (χ0n) is 14.6. The van der Waals surface area contributed by atoms with E-state index in [1.807, 2.05) is 20.9 Å². The number of nitrogens with zero attached hydrogens (tertiary/aromatic N) is 2. The van der Waals surface area contributed by atoms with Crippen molar-refractivity contribution in [1.29, 1.82) is 0 Å². The highest BCUT2D eigenvalue weighted by molar-refractivity contribution is 5.89. The van der Waals surface area contributed by atoms with Gasteiger partial charge in [-0.2, -0.15) is 5.10 Å². The quantitative estimate of drug-likeness (QED) is 0.579. The summed E-state index contributed by atoms with van der Waals surface area (Å²) in [5, 5.41) is 4.29. The maximum Gasteiger partial charge on any atom is 0.347 e.